The van der Waals surface area contributed by atoms with E-state index in [1.54, 1.807) is 0 Å². The normalized spacial score (nSPS) is 17.1. The second-order valence-corrected chi connectivity index (χ2v) is 10.4. The molecule has 0 fully saturated rings. The Bertz CT molecular complexity index is 1840. The van der Waals surface area contributed by atoms with E-state index in [4.69, 9.17) is 4.42 Å². The predicted molar refractivity (Wildman–Crippen MR) is 147 cm³/mol. The zero-order chi connectivity index (χ0) is 24.0. The summed E-state index contributed by atoms with van der Waals surface area (Å²) in [7, 11) is 4.32. The van der Waals surface area contributed by atoms with Gasteiger partial charge in [0, 0.05) is 17.3 Å². The molecule has 1 aromatic heterocycles. The van der Waals surface area contributed by atoms with Gasteiger partial charge in [-0.1, -0.05) is 91.0 Å². The van der Waals surface area contributed by atoms with Crippen LogP contribution >= 0.6 is 0 Å². The molecular weight excluding hydrogens is 438 g/mol. The van der Waals surface area contributed by atoms with Crippen LogP contribution in [0.1, 0.15) is 27.8 Å². The third-order valence-corrected chi connectivity index (χ3v) is 8.17. The van der Waals surface area contributed by atoms with E-state index in [1.807, 2.05) is 0 Å². The van der Waals surface area contributed by atoms with Crippen molar-refractivity contribution in [1.82, 2.24) is 4.90 Å². The Balaban J connectivity index is 1.65. The first-order valence-corrected chi connectivity index (χ1v) is 12.6. The van der Waals surface area contributed by atoms with Crippen molar-refractivity contribution in [2.75, 3.05) is 14.1 Å². The Morgan fingerprint density at radius 1 is 0.583 bits per heavy atom. The highest BCUT2D eigenvalue weighted by Crippen LogP contribution is 2.65. The Kier molecular flexibility index (Phi) is 3.89. The molecule has 0 bridgehead atoms. The van der Waals surface area contributed by atoms with E-state index in [-0.39, 0.29) is 0 Å². The van der Waals surface area contributed by atoms with Crippen molar-refractivity contribution in [3.8, 4) is 22.3 Å². The average molecular weight is 464 g/mol. The summed E-state index contributed by atoms with van der Waals surface area (Å²) in [5, 5.41) is 2.43. The largest absolute Gasteiger partial charge is 0.456 e. The molecule has 2 aliphatic carbocycles. The summed E-state index contributed by atoms with van der Waals surface area (Å²) in [4.78, 5) is 2.28. The SMILES string of the molecule is CN(C)Cc1cccc2c1C1(c3ccccc3-2)c2ccccc2-c2ccc3oc4ccccc4c3c21. The molecule has 8 rings (SSSR count). The highest BCUT2D eigenvalue weighted by atomic mass is 16.3. The molecule has 1 spiro atoms. The van der Waals surface area contributed by atoms with Gasteiger partial charge in [0.2, 0.25) is 0 Å². The lowest BCUT2D eigenvalue weighted by Crippen LogP contribution is -2.28. The molecule has 0 saturated heterocycles. The van der Waals surface area contributed by atoms with Crippen LogP contribution < -0.4 is 0 Å². The minimum atomic E-state index is -0.392. The summed E-state index contributed by atoms with van der Waals surface area (Å²) in [5.74, 6) is 0. The summed E-state index contributed by atoms with van der Waals surface area (Å²) >= 11 is 0. The lowest BCUT2D eigenvalue weighted by molar-refractivity contribution is 0.400. The summed E-state index contributed by atoms with van der Waals surface area (Å²) in [5.41, 5.74) is 13.7. The van der Waals surface area contributed by atoms with Crippen LogP contribution in [-0.4, -0.2) is 19.0 Å². The molecule has 1 heterocycles. The summed E-state index contributed by atoms with van der Waals surface area (Å²) < 4.78 is 6.44. The first kappa shape index (κ1) is 20.1. The maximum absolute atomic E-state index is 6.44. The highest BCUT2D eigenvalue weighted by molar-refractivity contribution is 6.13. The number of hydrogen-bond donors (Lipinski definition) is 0. The number of para-hydroxylation sites is 1. The molecule has 6 aromatic rings. The number of fused-ring (bicyclic) bond motifs is 14. The van der Waals surface area contributed by atoms with Crippen LogP contribution in [0.25, 0.3) is 44.2 Å². The summed E-state index contributed by atoms with van der Waals surface area (Å²) in [6.45, 7) is 0.887. The number of nitrogens with zero attached hydrogens (tertiary/aromatic N) is 1. The van der Waals surface area contributed by atoms with Crippen LogP contribution in [0.15, 0.2) is 108 Å². The topological polar surface area (TPSA) is 16.4 Å². The van der Waals surface area contributed by atoms with Crippen molar-refractivity contribution in [3.05, 3.63) is 131 Å². The zero-order valence-electron chi connectivity index (χ0n) is 20.4. The van der Waals surface area contributed by atoms with Crippen LogP contribution in [-0.2, 0) is 12.0 Å². The van der Waals surface area contributed by atoms with Gasteiger partial charge in [0.1, 0.15) is 11.2 Å². The van der Waals surface area contributed by atoms with Crippen molar-refractivity contribution < 1.29 is 4.42 Å². The number of rotatable bonds is 2. The molecule has 2 aliphatic rings. The number of hydrogen-bond acceptors (Lipinski definition) is 2. The van der Waals surface area contributed by atoms with Gasteiger partial charge in [-0.05, 0) is 76.3 Å². The smallest absolute Gasteiger partial charge is 0.135 e. The first-order chi connectivity index (χ1) is 17.7. The monoisotopic (exact) mass is 463 g/mol. The average Bonchev–Trinajstić information content (AvgIpc) is 3.52. The molecule has 172 valence electrons. The van der Waals surface area contributed by atoms with E-state index < -0.39 is 5.41 Å². The summed E-state index contributed by atoms with van der Waals surface area (Å²) in [6.07, 6.45) is 0. The van der Waals surface area contributed by atoms with Gasteiger partial charge in [0.25, 0.3) is 0 Å². The van der Waals surface area contributed by atoms with E-state index >= 15 is 0 Å². The van der Waals surface area contributed by atoms with E-state index in [0.29, 0.717) is 0 Å². The molecule has 2 heteroatoms. The van der Waals surface area contributed by atoms with Crippen molar-refractivity contribution in [2.24, 2.45) is 0 Å². The first-order valence-electron chi connectivity index (χ1n) is 12.6. The predicted octanol–water partition coefficient (Wildman–Crippen LogP) is 7.99. The number of furan rings is 1. The van der Waals surface area contributed by atoms with Crippen LogP contribution in [0, 0.1) is 0 Å². The fourth-order valence-electron chi connectivity index (χ4n) is 7.07. The van der Waals surface area contributed by atoms with E-state index in [1.165, 1.54) is 60.8 Å². The fourth-order valence-corrected chi connectivity index (χ4v) is 7.07. The highest BCUT2D eigenvalue weighted by Gasteiger charge is 2.53. The molecule has 1 atom stereocenters. The maximum Gasteiger partial charge on any atom is 0.135 e. The standard InChI is InChI=1S/C34H25NO/c1-35(2)20-21-10-9-14-24-22-11-3-6-15-27(22)34(32(21)24)28-16-7-4-12-23(28)25-18-19-30-31(33(25)34)26-13-5-8-17-29(26)36-30/h3-19H,20H2,1-2H3. The molecule has 0 saturated carbocycles. The maximum atomic E-state index is 6.44. The van der Waals surface area contributed by atoms with Crippen molar-refractivity contribution in [3.63, 3.8) is 0 Å². The van der Waals surface area contributed by atoms with E-state index in [0.717, 1.165) is 17.7 Å². The van der Waals surface area contributed by atoms with Gasteiger partial charge in [-0.25, -0.2) is 0 Å². The van der Waals surface area contributed by atoms with Crippen molar-refractivity contribution >= 4 is 21.9 Å². The lowest BCUT2D eigenvalue weighted by atomic mass is 9.68. The van der Waals surface area contributed by atoms with Crippen LogP contribution in [0.4, 0.5) is 0 Å². The lowest BCUT2D eigenvalue weighted by Gasteiger charge is -2.33. The third-order valence-electron chi connectivity index (χ3n) is 8.17. The number of benzene rings is 5. The molecule has 1 unspecified atom stereocenters. The Morgan fingerprint density at radius 2 is 1.22 bits per heavy atom. The molecule has 0 aliphatic heterocycles. The molecule has 0 amide bonds. The minimum absolute atomic E-state index is 0.392. The van der Waals surface area contributed by atoms with E-state index in [9.17, 15) is 0 Å². The van der Waals surface area contributed by atoms with Gasteiger partial charge in [0.05, 0.1) is 5.41 Å². The van der Waals surface area contributed by atoms with Gasteiger partial charge in [0.15, 0.2) is 0 Å². The van der Waals surface area contributed by atoms with Crippen molar-refractivity contribution in [1.29, 1.82) is 0 Å². The zero-order valence-corrected chi connectivity index (χ0v) is 20.4. The second kappa shape index (κ2) is 6.96. The fraction of sp³-hybridized carbons (Fsp3) is 0.118. The second-order valence-electron chi connectivity index (χ2n) is 10.4. The van der Waals surface area contributed by atoms with Gasteiger partial charge >= 0.3 is 0 Å². The van der Waals surface area contributed by atoms with Crippen LogP contribution in [0.3, 0.4) is 0 Å². The minimum Gasteiger partial charge on any atom is -0.456 e. The van der Waals surface area contributed by atoms with Crippen molar-refractivity contribution in [2.45, 2.75) is 12.0 Å². The van der Waals surface area contributed by atoms with Gasteiger partial charge in [-0.2, -0.15) is 0 Å². The van der Waals surface area contributed by atoms with Gasteiger partial charge in [-0.3, -0.25) is 0 Å². The molecule has 5 aromatic carbocycles. The molecule has 36 heavy (non-hydrogen) atoms. The molecule has 0 radical (unpaired) electrons. The Hall–Kier alpha value is -4.14. The summed E-state index contributed by atoms with van der Waals surface area (Å²) in [6, 6.07) is 37.8. The van der Waals surface area contributed by atoms with E-state index in [2.05, 4.69) is 122 Å². The van der Waals surface area contributed by atoms with Crippen LogP contribution in [0.5, 0.6) is 0 Å². The Labute approximate surface area is 210 Å². The van der Waals surface area contributed by atoms with Crippen LogP contribution in [0.2, 0.25) is 0 Å². The Morgan fingerprint density at radius 3 is 1.97 bits per heavy atom. The molecular formula is C34H25NO. The third kappa shape index (κ3) is 2.31. The quantitative estimate of drug-likeness (QED) is 0.258. The van der Waals surface area contributed by atoms with Gasteiger partial charge < -0.3 is 9.32 Å². The molecule has 0 N–H and O–H groups in total. The molecule has 2 nitrogen and oxygen atoms in total. The van der Waals surface area contributed by atoms with Gasteiger partial charge in [-0.15, -0.1) is 0 Å².